The van der Waals surface area contributed by atoms with Crippen molar-refractivity contribution in [2.45, 2.75) is 13.5 Å². The lowest BCUT2D eigenvalue weighted by Gasteiger charge is -2.07. The second-order valence-electron chi connectivity index (χ2n) is 6.55. The van der Waals surface area contributed by atoms with Gasteiger partial charge in [0.2, 0.25) is 5.95 Å². The second-order valence-corrected chi connectivity index (χ2v) is 6.55. The first-order valence-electron chi connectivity index (χ1n) is 9.12. The fraction of sp³-hybridized carbons (Fsp3) is 0.0870. The minimum Gasteiger partial charge on any atom is -0.350 e. The zero-order valence-corrected chi connectivity index (χ0v) is 15.5. The third kappa shape index (κ3) is 3.83. The number of hydrogen-bond acceptors (Lipinski definition) is 4. The summed E-state index contributed by atoms with van der Waals surface area (Å²) >= 11 is 0. The first-order valence-corrected chi connectivity index (χ1v) is 9.12. The van der Waals surface area contributed by atoms with Crippen molar-refractivity contribution in [3.05, 3.63) is 102 Å². The van der Waals surface area contributed by atoms with Gasteiger partial charge < -0.3 is 5.32 Å². The first-order chi connectivity index (χ1) is 13.7. The van der Waals surface area contributed by atoms with Gasteiger partial charge in [0.05, 0.1) is 0 Å². The molecule has 0 radical (unpaired) electrons. The van der Waals surface area contributed by atoms with E-state index in [0.29, 0.717) is 23.9 Å². The zero-order chi connectivity index (χ0) is 19.3. The average molecular weight is 368 g/mol. The quantitative estimate of drug-likeness (QED) is 0.561. The lowest BCUT2D eigenvalue weighted by Crippen LogP contribution is -2.17. The van der Waals surface area contributed by atoms with Crippen LogP contribution in [-0.4, -0.2) is 20.7 Å². The molecule has 5 nitrogen and oxygen atoms in total. The summed E-state index contributed by atoms with van der Waals surface area (Å²) in [6.07, 6.45) is 0. The minimum atomic E-state index is -0.217. The van der Waals surface area contributed by atoms with Crippen LogP contribution in [0.1, 0.15) is 21.5 Å². The fourth-order valence-corrected chi connectivity index (χ4v) is 2.87. The molecule has 138 valence electrons. The summed E-state index contributed by atoms with van der Waals surface area (Å²) in [5.74, 6) is 0.718. The Hall–Kier alpha value is -3.73. The molecule has 0 aliphatic rings. The van der Waals surface area contributed by atoms with Gasteiger partial charge in [0.1, 0.15) is 0 Å². The molecule has 4 aromatic rings. The van der Waals surface area contributed by atoms with E-state index in [2.05, 4.69) is 15.4 Å². The molecule has 5 heteroatoms. The molecule has 3 aromatic carbocycles. The lowest BCUT2D eigenvalue weighted by atomic mass is 10.1. The van der Waals surface area contributed by atoms with E-state index in [-0.39, 0.29) is 5.91 Å². The summed E-state index contributed by atoms with van der Waals surface area (Å²) in [5, 5.41) is 7.74. The van der Waals surface area contributed by atoms with Crippen molar-refractivity contribution in [2.75, 3.05) is 5.32 Å². The maximum Gasteiger partial charge on any atom is 0.281 e. The van der Waals surface area contributed by atoms with Crippen LogP contribution in [0.3, 0.4) is 0 Å². The second kappa shape index (κ2) is 7.88. The summed E-state index contributed by atoms with van der Waals surface area (Å²) in [7, 11) is 0. The maximum atomic E-state index is 13.1. The zero-order valence-electron chi connectivity index (χ0n) is 15.5. The van der Waals surface area contributed by atoms with E-state index in [0.717, 1.165) is 16.7 Å². The number of aromatic nitrogens is 3. The molecule has 0 unspecified atom stereocenters. The maximum absolute atomic E-state index is 13.1. The van der Waals surface area contributed by atoms with Crippen molar-refractivity contribution >= 4 is 11.9 Å². The molecule has 1 aromatic heterocycles. The van der Waals surface area contributed by atoms with Crippen molar-refractivity contribution in [1.29, 1.82) is 0 Å². The monoisotopic (exact) mass is 368 g/mol. The predicted octanol–water partition coefficient (Wildman–Crippen LogP) is 4.55. The van der Waals surface area contributed by atoms with Crippen LogP contribution >= 0.6 is 0 Å². The largest absolute Gasteiger partial charge is 0.350 e. The van der Waals surface area contributed by atoms with E-state index in [1.165, 1.54) is 4.68 Å². The van der Waals surface area contributed by atoms with Crippen LogP contribution in [0.25, 0.3) is 11.4 Å². The van der Waals surface area contributed by atoms with Crippen molar-refractivity contribution in [1.82, 2.24) is 14.8 Å². The Bertz CT molecular complexity index is 1070. The van der Waals surface area contributed by atoms with Gasteiger partial charge in [0, 0.05) is 17.7 Å². The van der Waals surface area contributed by atoms with Crippen LogP contribution in [-0.2, 0) is 6.54 Å². The van der Waals surface area contributed by atoms with Crippen LogP contribution in [0.15, 0.2) is 84.9 Å². The van der Waals surface area contributed by atoms with Gasteiger partial charge in [-0.25, -0.2) is 0 Å². The van der Waals surface area contributed by atoms with E-state index in [4.69, 9.17) is 0 Å². The van der Waals surface area contributed by atoms with Crippen molar-refractivity contribution in [2.24, 2.45) is 0 Å². The van der Waals surface area contributed by atoms with E-state index in [1.807, 2.05) is 91.9 Å². The van der Waals surface area contributed by atoms with Crippen LogP contribution in [0.2, 0.25) is 0 Å². The molecule has 0 bridgehead atoms. The molecule has 0 aliphatic heterocycles. The van der Waals surface area contributed by atoms with E-state index in [9.17, 15) is 4.79 Å². The number of carbonyl (C=O) groups excluding carboxylic acids is 1. The van der Waals surface area contributed by atoms with Crippen molar-refractivity contribution < 1.29 is 4.79 Å². The highest BCUT2D eigenvalue weighted by atomic mass is 16.2. The Morgan fingerprint density at radius 1 is 0.893 bits per heavy atom. The Kier molecular flexibility index (Phi) is 4.97. The Labute approximate surface area is 163 Å². The number of hydrogen-bond donors (Lipinski definition) is 1. The SMILES string of the molecule is Cc1ccc(C(=O)n2nc(-c3ccccc3)nc2NCc2ccccc2)cc1. The number of benzene rings is 3. The molecule has 0 aliphatic carbocycles. The summed E-state index contributed by atoms with van der Waals surface area (Å²) in [6, 6.07) is 27.1. The van der Waals surface area contributed by atoms with Gasteiger partial charge in [-0.3, -0.25) is 4.79 Å². The molecule has 4 rings (SSSR count). The molecule has 28 heavy (non-hydrogen) atoms. The highest BCUT2D eigenvalue weighted by Gasteiger charge is 2.18. The van der Waals surface area contributed by atoms with Gasteiger partial charge in [-0.2, -0.15) is 9.67 Å². The summed E-state index contributed by atoms with van der Waals surface area (Å²) in [4.78, 5) is 17.6. The average Bonchev–Trinajstić information content (AvgIpc) is 3.18. The smallest absolute Gasteiger partial charge is 0.281 e. The molecule has 0 spiro atoms. The standard InChI is InChI=1S/C23H20N4O/c1-17-12-14-20(15-13-17)22(28)27-23(24-16-18-8-4-2-5-9-18)25-21(26-27)19-10-6-3-7-11-19/h2-15H,16H2,1H3,(H,24,25,26). The molecule has 1 N–H and O–H groups in total. The molecule has 0 saturated carbocycles. The number of carbonyl (C=O) groups is 1. The molecule has 0 atom stereocenters. The van der Waals surface area contributed by atoms with Gasteiger partial charge in [-0.05, 0) is 24.6 Å². The molecular weight excluding hydrogens is 348 g/mol. The molecular formula is C23H20N4O. The third-order valence-corrected chi connectivity index (χ3v) is 4.42. The topological polar surface area (TPSA) is 59.8 Å². The Balaban J connectivity index is 1.69. The molecule has 0 saturated heterocycles. The Morgan fingerprint density at radius 3 is 2.21 bits per heavy atom. The fourth-order valence-electron chi connectivity index (χ4n) is 2.87. The van der Waals surface area contributed by atoms with Gasteiger partial charge in [-0.15, -0.1) is 5.10 Å². The predicted molar refractivity (Wildman–Crippen MR) is 110 cm³/mol. The van der Waals surface area contributed by atoms with Crippen LogP contribution in [0, 0.1) is 6.92 Å². The van der Waals surface area contributed by atoms with Gasteiger partial charge >= 0.3 is 0 Å². The van der Waals surface area contributed by atoms with Gasteiger partial charge in [0.15, 0.2) is 5.82 Å². The number of nitrogens with zero attached hydrogens (tertiary/aromatic N) is 3. The summed E-state index contributed by atoms with van der Waals surface area (Å²) < 4.78 is 1.34. The summed E-state index contributed by atoms with van der Waals surface area (Å²) in [5.41, 5.74) is 3.63. The van der Waals surface area contributed by atoms with Crippen molar-refractivity contribution in [3.8, 4) is 11.4 Å². The van der Waals surface area contributed by atoms with Crippen LogP contribution < -0.4 is 5.32 Å². The molecule has 0 amide bonds. The van der Waals surface area contributed by atoms with E-state index < -0.39 is 0 Å². The first kappa shape index (κ1) is 17.7. The van der Waals surface area contributed by atoms with Gasteiger partial charge in [-0.1, -0.05) is 78.4 Å². The number of rotatable bonds is 5. The van der Waals surface area contributed by atoms with E-state index >= 15 is 0 Å². The highest BCUT2D eigenvalue weighted by Crippen LogP contribution is 2.19. The van der Waals surface area contributed by atoms with Gasteiger partial charge in [0.25, 0.3) is 5.91 Å². The number of anilines is 1. The number of nitrogens with one attached hydrogen (secondary N) is 1. The lowest BCUT2D eigenvalue weighted by molar-refractivity contribution is 0.0947. The Morgan fingerprint density at radius 2 is 1.54 bits per heavy atom. The minimum absolute atomic E-state index is 0.217. The molecule has 0 fully saturated rings. The summed E-state index contributed by atoms with van der Waals surface area (Å²) in [6.45, 7) is 2.54. The van der Waals surface area contributed by atoms with E-state index in [1.54, 1.807) is 0 Å². The third-order valence-electron chi connectivity index (χ3n) is 4.42. The number of aryl methyl sites for hydroxylation is 1. The van der Waals surface area contributed by atoms with Crippen LogP contribution in [0.4, 0.5) is 5.95 Å². The van der Waals surface area contributed by atoms with Crippen molar-refractivity contribution in [3.63, 3.8) is 0 Å². The molecule has 1 heterocycles. The normalized spacial score (nSPS) is 10.6. The van der Waals surface area contributed by atoms with Crippen LogP contribution in [0.5, 0.6) is 0 Å². The highest BCUT2D eigenvalue weighted by molar-refractivity contribution is 5.97.